The van der Waals surface area contributed by atoms with Crippen LogP contribution in [0, 0.1) is 5.82 Å². The van der Waals surface area contributed by atoms with E-state index in [1.165, 1.54) is 28.6 Å². The second kappa shape index (κ2) is 10.1. The molecule has 7 heteroatoms. The van der Waals surface area contributed by atoms with Gasteiger partial charge in [-0.05, 0) is 43.3 Å². The van der Waals surface area contributed by atoms with Gasteiger partial charge in [0.1, 0.15) is 12.4 Å². The van der Waals surface area contributed by atoms with Crippen LogP contribution >= 0.6 is 0 Å². The molecule has 158 valence electrons. The Morgan fingerprint density at radius 2 is 1.90 bits per heavy atom. The first-order valence-electron chi connectivity index (χ1n) is 10.2. The summed E-state index contributed by atoms with van der Waals surface area (Å²) >= 11 is 0. The van der Waals surface area contributed by atoms with Gasteiger partial charge < -0.3 is 5.32 Å². The number of rotatable bonds is 9. The first-order chi connectivity index (χ1) is 14.5. The Balaban J connectivity index is 1.68. The van der Waals surface area contributed by atoms with E-state index in [0.717, 1.165) is 25.6 Å². The van der Waals surface area contributed by atoms with Crippen LogP contribution in [0.25, 0.3) is 10.9 Å². The lowest BCUT2D eigenvalue weighted by Gasteiger charge is -2.30. The highest BCUT2D eigenvalue weighted by atomic mass is 19.1. The maximum absolute atomic E-state index is 13.5. The number of carbonyl (C=O) groups excluding carboxylic acids is 1. The van der Waals surface area contributed by atoms with Gasteiger partial charge in [0, 0.05) is 12.6 Å². The molecule has 1 amide bonds. The number of halogens is 1. The maximum atomic E-state index is 13.5. The molecule has 1 atom stereocenters. The third kappa shape index (κ3) is 5.30. The highest BCUT2D eigenvalue weighted by molar-refractivity contribution is 5.79. The van der Waals surface area contributed by atoms with Crippen LogP contribution in [0.15, 0.2) is 59.7 Å². The molecule has 0 aliphatic heterocycles. The lowest BCUT2D eigenvalue weighted by atomic mass is 10.0. The minimum atomic E-state index is -0.508. The fourth-order valence-electron chi connectivity index (χ4n) is 3.64. The van der Waals surface area contributed by atoms with Crippen molar-refractivity contribution in [2.75, 3.05) is 19.6 Å². The molecule has 2 aromatic carbocycles. The van der Waals surface area contributed by atoms with E-state index in [9.17, 15) is 14.0 Å². The molecule has 0 aliphatic carbocycles. The molecule has 0 spiro atoms. The monoisotopic (exact) mass is 410 g/mol. The molecule has 0 aliphatic rings. The van der Waals surface area contributed by atoms with Gasteiger partial charge >= 0.3 is 0 Å². The molecule has 0 radical (unpaired) electrons. The molecule has 0 bridgehead atoms. The maximum Gasteiger partial charge on any atom is 0.261 e. The van der Waals surface area contributed by atoms with E-state index in [4.69, 9.17) is 0 Å². The Kier molecular flexibility index (Phi) is 7.30. The summed E-state index contributed by atoms with van der Waals surface area (Å²) in [7, 11) is 0. The largest absolute Gasteiger partial charge is 0.353 e. The second-order valence-electron chi connectivity index (χ2n) is 7.21. The predicted octanol–water partition coefficient (Wildman–Crippen LogP) is 2.60. The molecule has 0 saturated carbocycles. The number of nitrogens with one attached hydrogen (secondary N) is 1. The van der Waals surface area contributed by atoms with Crippen molar-refractivity contribution in [2.45, 2.75) is 32.9 Å². The van der Waals surface area contributed by atoms with Gasteiger partial charge in [-0.1, -0.05) is 44.2 Å². The summed E-state index contributed by atoms with van der Waals surface area (Å²) in [6.45, 7) is 6.27. The van der Waals surface area contributed by atoms with Crippen LogP contribution in [0.3, 0.4) is 0 Å². The van der Waals surface area contributed by atoms with Gasteiger partial charge in [-0.2, -0.15) is 0 Å². The molecule has 1 unspecified atom stereocenters. The highest BCUT2D eigenvalue weighted by Crippen LogP contribution is 2.10. The number of amides is 1. The van der Waals surface area contributed by atoms with Gasteiger partial charge in [0.15, 0.2) is 0 Å². The number of nitrogens with zero attached hydrogens (tertiary/aromatic N) is 3. The lowest BCUT2D eigenvalue weighted by Crippen LogP contribution is -2.46. The minimum absolute atomic E-state index is 0.145. The number of carbonyl (C=O) groups is 1. The SMILES string of the molecule is CCN(CC)C(CNC(=O)Cn1cnc2ccc(F)cc2c1=O)Cc1ccccc1. The second-order valence-corrected chi connectivity index (χ2v) is 7.21. The molecule has 3 aromatic rings. The molecule has 30 heavy (non-hydrogen) atoms. The van der Waals surface area contributed by atoms with E-state index in [1.54, 1.807) is 0 Å². The Morgan fingerprint density at radius 3 is 2.60 bits per heavy atom. The van der Waals surface area contributed by atoms with E-state index in [0.29, 0.717) is 12.1 Å². The summed E-state index contributed by atoms with van der Waals surface area (Å²) in [6, 6.07) is 14.2. The van der Waals surface area contributed by atoms with Crippen molar-refractivity contribution in [3.63, 3.8) is 0 Å². The first-order valence-corrected chi connectivity index (χ1v) is 10.2. The first kappa shape index (κ1) is 21.6. The molecule has 1 N–H and O–H groups in total. The highest BCUT2D eigenvalue weighted by Gasteiger charge is 2.18. The fraction of sp³-hybridized carbons (Fsp3) is 0.348. The third-order valence-corrected chi connectivity index (χ3v) is 5.28. The number of likely N-dealkylation sites (N-methyl/N-ethyl adjacent to an activating group) is 1. The average molecular weight is 410 g/mol. The van der Waals surface area contributed by atoms with Crippen LogP contribution in [-0.4, -0.2) is 46.0 Å². The normalized spacial score (nSPS) is 12.3. The van der Waals surface area contributed by atoms with Crippen LogP contribution in [0.4, 0.5) is 4.39 Å². The minimum Gasteiger partial charge on any atom is -0.353 e. The predicted molar refractivity (Wildman–Crippen MR) is 116 cm³/mol. The Bertz CT molecular complexity index is 1050. The summed E-state index contributed by atoms with van der Waals surface area (Å²) in [6.07, 6.45) is 2.15. The smallest absolute Gasteiger partial charge is 0.261 e. The number of benzene rings is 2. The van der Waals surface area contributed by atoms with Crippen molar-refractivity contribution in [1.82, 2.24) is 19.8 Å². The van der Waals surface area contributed by atoms with E-state index in [1.807, 2.05) is 18.2 Å². The summed E-state index contributed by atoms with van der Waals surface area (Å²) in [4.78, 5) is 31.6. The van der Waals surface area contributed by atoms with Gasteiger partial charge in [0.25, 0.3) is 5.56 Å². The number of hydrogen-bond donors (Lipinski definition) is 1. The Morgan fingerprint density at radius 1 is 1.17 bits per heavy atom. The quantitative estimate of drug-likeness (QED) is 0.589. The molecule has 1 aromatic heterocycles. The van der Waals surface area contributed by atoms with E-state index >= 15 is 0 Å². The molecule has 3 rings (SSSR count). The summed E-state index contributed by atoms with van der Waals surface area (Å²) in [5.74, 6) is -0.786. The van der Waals surface area contributed by atoms with Crippen molar-refractivity contribution in [3.8, 4) is 0 Å². The van der Waals surface area contributed by atoms with E-state index in [-0.39, 0.29) is 23.9 Å². The summed E-state index contributed by atoms with van der Waals surface area (Å²) in [5, 5.41) is 3.11. The van der Waals surface area contributed by atoms with Gasteiger partial charge in [-0.15, -0.1) is 0 Å². The Hall–Kier alpha value is -3.06. The zero-order valence-electron chi connectivity index (χ0n) is 17.3. The van der Waals surface area contributed by atoms with Crippen molar-refractivity contribution >= 4 is 16.8 Å². The van der Waals surface area contributed by atoms with Crippen molar-refractivity contribution in [1.29, 1.82) is 0 Å². The van der Waals surface area contributed by atoms with Crippen LogP contribution in [0.2, 0.25) is 0 Å². The molecule has 0 fully saturated rings. The summed E-state index contributed by atoms with van der Waals surface area (Å²) < 4.78 is 14.7. The van der Waals surface area contributed by atoms with E-state index in [2.05, 4.69) is 41.2 Å². The molecule has 6 nitrogen and oxygen atoms in total. The topological polar surface area (TPSA) is 67.2 Å². The third-order valence-electron chi connectivity index (χ3n) is 5.28. The fourth-order valence-corrected chi connectivity index (χ4v) is 3.64. The molecule has 1 heterocycles. The van der Waals surface area contributed by atoms with E-state index < -0.39 is 11.4 Å². The van der Waals surface area contributed by atoms with Crippen molar-refractivity contribution in [3.05, 3.63) is 76.6 Å². The molecule has 0 saturated heterocycles. The van der Waals surface area contributed by atoms with Crippen LogP contribution in [-0.2, 0) is 17.8 Å². The lowest BCUT2D eigenvalue weighted by molar-refractivity contribution is -0.122. The van der Waals surface area contributed by atoms with Crippen LogP contribution < -0.4 is 10.9 Å². The van der Waals surface area contributed by atoms with Crippen molar-refractivity contribution < 1.29 is 9.18 Å². The number of fused-ring (bicyclic) bond motifs is 1. The molecular weight excluding hydrogens is 383 g/mol. The van der Waals surface area contributed by atoms with Crippen LogP contribution in [0.1, 0.15) is 19.4 Å². The zero-order chi connectivity index (χ0) is 21.5. The standard InChI is InChI=1S/C23H27FN4O2/c1-3-27(4-2)19(12-17-8-6-5-7-9-17)14-25-22(29)15-28-16-26-21-11-10-18(24)13-20(21)23(28)30/h5-11,13,16,19H,3-4,12,14-15H2,1-2H3,(H,25,29). The van der Waals surface area contributed by atoms with Gasteiger partial charge in [-0.3, -0.25) is 19.1 Å². The summed E-state index contributed by atoms with van der Waals surface area (Å²) in [5.41, 5.74) is 1.18. The van der Waals surface area contributed by atoms with Gasteiger partial charge in [-0.25, -0.2) is 9.37 Å². The number of aromatic nitrogens is 2. The van der Waals surface area contributed by atoms with Crippen LogP contribution in [0.5, 0.6) is 0 Å². The van der Waals surface area contributed by atoms with Crippen molar-refractivity contribution in [2.24, 2.45) is 0 Å². The Labute approximate surface area is 175 Å². The van der Waals surface area contributed by atoms with Gasteiger partial charge in [0.05, 0.1) is 17.2 Å². The molecular formula is C23H27FN4O2. The zero-order valence-corrected chi connectivity index (χ0v) is 17.3. The average Bonchev–Trinajstić information content (AvgIpc) is 2.76. The number of hydrogen-bond acceptors (Lipinski definition) is 4. The van der Waals surface area contributed by atoms with Gasteiger partial charge in [0.2, 0.25) is 5.91 Å².